The highest BCUT2D eigenvalue weighted by Crippen LogP contribution is 2.32. The number of amides is 1. The molecule has 1 aromatic heterocycles. The summed E-state index contributed by atoms with van der Waals surface area (Å²) < 4.78 is 5.40. The molecule has 7 nitrogen and oxygen atoms in total. The van der Waals surface area contributed by atoms with Crippen molar-refractivity contribution in [2.45, 2.75) is 25.7 Å². The molecule has 1 fully saturated rings. The van der Waals surface area contributed by atoms with E-state index in [0.717, 1.165) is 16.7 Å². The predicted molar refractivity (Wildman–Crippen MR) is 118 cm³/mol. The summed E-state index contributed by atoms with van der Waals surface area (Å²) in [4.78, 5) is 50.0. The van der Waals surface area contributed by atoms with Crippen LogP contribution in [0.25, 0.3) is 22.1 Å². The van der Waals surface area contributed by atoms with Crippen LogP contribution in [-0.2, 0) is 14.4 Å². The Labute approximate surface area is 184 Å². The summed E-state index contributed by atoms with van der Waals surface area (Å²) >= 11 is 0. The number of carbonyl (C=O) groups excluding carboxylic acids is 2. The maximum Gasteiger partial charge on any atom is 0.336 e. The van der Waals surface area contributed by atoms with E-state index >= 15 is 0 Å². The molecule has 1 aliphatic rings. The molecule has 32 heavy (non-hydrogen) atoms. The van der Waals surface area contributed by atoms with Crippen LogP contribution >= 0.6 is 0 Å². The van der Waals surface area contributed by atoms with Crippen molar-refractivity contribution in [2.24, 2.45) is 5.92 Å². The van der Waals surface area contributed by atoms with Gasteiger partial charge in [0.25, 0.3) is 0 Å². The Balaban J connectivity index is 1.72. The molecular weight excluding hydrogens is 410 g/mol. The molecule has 0 radical (unpaired) electrons. The fraction of sp³-hybridized carbons (Fsp3) is 0.280. The molecule has 3 aromatic rings. The number of aliphatic carboxylic acids is 1. The number of carboxylic acids is 1. The molecule has 1 aliphatic heterocycles. The molecule has 0 saturated carbocycles. The normalized spacial score (nSPS) is 17.2. The molecule has 0 bridgehead atoms. The second-order valence-electron chi connectivity index (χ2n) is 8.13. The van der Waals surface area contributed by atoms with E-state index in [1.807, 2.05) is 31.2 Å². The number of piperidine rings is 1. The SMILES string of the molecule is Cc1ccccc1-c1cc(=O)oc2cc(C(C=O)C(=O)N3CCC[C@@H](C(=O)O)C3)ccc12. The highest BCUT2D eigenvalue weighted by molar-refractivity contribution is 6.00. The van der Waals surface area contributed by atoms with E-state index in [-0.39, 0.29) is 12.1 Å². The first-order valence-corrected chi connectivity index (χ1v) is 10.5. The van der Waals surface area contributed by atoms with Gasteiger partial charge in [0, 0.05) is 30.1 Å². The van der Waals surface area contributed by atoms with Crippen molar-refractivity contribution in [1.29, 1.82) is 0 Å². The van der Waals surface area contributed by atoms with Gasteiger partial charge in [0.1, 0.15) is 17.8 Å². The maximum absolute atomic E-state index is 13.0. The highest BCUT2D eigenvalue weighted by atomic mass is 16.4. The molecule has 0 spiro atoms. The Morgan fingerprint density at radius 2 is 1.94 bits per heavy atom. The van der Waals surface area contributed by atoms with Gasteiger partial charge in [0.2, 0.25) is 5.91 Å². The maximum atomic E-state index is 13.0. The van der Waals surface area contributed by atoms with Crippen molar-refractivity contribution < 1.29 is 23.9 Å². The standard InChI is InChI=1S/C25H23NO6/c1-15-5-2-3-7-18(15)20-12-23(28)32-22-11-16(8-9-19(20)22)21(14-27)24(29)26-10-4-6-17(13-26)25(30)31/h2-3,5,7-9,11-12,14,17,21H,4,6,10,13H2,1H3,(H,30,31)/t17-,21?/m1/s1. The zero-order chi connectivity index (χ0) is 22.8. The van der Waals surface area contributed by atoms with Crippen molar-refractivity contribution in [3.63, 3.8) is 0 Å². The average molecular weight is 433 g/mol. The van der Waals surface area contributed by atoms with Crippen LogP contribution in [0, 0.1) is 12.8 Å². The number of hydrogen-bond donors (Lipinski definition) is 1. The molecule has 1 N–H and O–H groups in total. The number of likely N-dealkylation sites (tertiary alicyclic amines) is 1. The molecule has 2 atom stereocenters. The van der Waals surface area contributed by atoms with Crippen LogP contribution in [0.1, 0.15) is 29.9 Å². The predicted octanol–water partition coefficient (Wildman–Crippen LogP) is 3.37. The summed E-state index contributed by atoms with van der Waals surface area (Å²) in [5.41, 5.74) is 2.78. The number of aryl methyl sites for hydroxylation is 1. The number of benzene rings is 2. The minimum Gasteiger partial charge on any atom is -0.481 e. The Morgan fingerprint density at radius 3 is 2.66 bits per heavy atom. The van der Waals surface area contributed by atoms with Crippen LogP contribution in [0.5, 0.6) is 0 Å². The molecule has 2 aromatic carbocycles. The van der Waals surface area contributed by atoms with E-state index in [0.29, 0.717) is 36.6 Å². The van der Waals surface area contributed by atoms with Gasteiger partial charge in [0.15, 0.2) is 0 Å². The number of nitrogens with zero attached hydrogens (tertiary/aromatic N) is 1. The second kappa shape index (κ2) is 8.78. The zero-order valence-electron chi connectivity index (χ0n) is 17.6. The Hall–Kier alpha value is -3.74. The van der Waals surface area contributed by atoms with E-state index in [1.165, 1.54) is 11.0 Å². The van der Waals surface area contributed by atoms with Gasteiger partial charge in [-0.3, -0.25) is 9.59 Å². The van der Waals surface area contributed by atoms with Crippen molar-refractivity contribution in [1.82, 2.24) is 4.90 Å². The lowest BCUT2D eigenvalue weighted by atomic mass is 9.92. The minimum atomic E-state index is -1.10. The van der Waals surface area contributed by atoms with Gasteiger partial charge in [0.05, 0.1) is 5.92 Å². The van der Waals surface area contributed by atoms with E-state index in [4.69, 9.17) is 4.42 Å². The quantitative estimate of drug-likeness (QED) is 0.376. The van der Waals surface area contributed by atoms with Crippen molar-refractivity contribution >= 4 is 29.1 Å². The summed E-state index contributed by atoms with van der Waals surface area (Å²) in [7, 11) is 0. The van der Waals surface area contributed by atoms with E-state index < -0.39 is 29.3 Å². The first kappa shape index (κ1) is 21.5. The molecule has 1 amide bonds. The smallest absolute Gasteiger partial charge is 0.336 e. The van der Waals surface area contributed by atoms with Crippen LogP contribution in [0.4, 0.5) is 0 Å². The second-order valence-corrected chi connectivity index (χ2v) is 8.13. The van der Waals surface area contributed by atoms with Gasteiger partial charge in [-0.1, -0.05) is 36.4 Å². The monoisotopic (exact) mass is 433 g/mol. The van der Waals surface area contributed by atoms with Gasteiger partial charge in [-0.2, -0.15) is 0 Å². The molecule has 1 saturated heterocycles. The van der Waals surface area contributed by atoms with Gasteiger partial charge in [-0.25, -0.2) is 4.79 Å². The lowest BCUT2D eigenvalue weighted by Gasteiger charge is -2.32. The van der Waals surface area contributed by atoms with Crippen LogP contribution in [0.3, 0.4) is 0 Å². The van der Waals surface area contributed by atoms with Crippen LogP contribution < -0.4 is 5.63 Å². The van der Waals surface area contributed by atoms with Crippen molar-refractivity contribution in [2.75, 3.05) is 13.1 Å². The fourth-order valence-corrected chi connectivity index (χ4v) is 4.33. The fourth-order valence-electron chi connectivity index (χ4n) is 4.33. The lowest BCUT2D eigenvalue weighted by molar-refractivity contribution is -0.146. The lowest BCUT2D eigenvalue weighted by Crippen LogP contribution is -2.44. The van der Waals surface area contributed by atoms with E-state index in [9.17, 15) is 24.3 Å². The van der Waals surface area contributed by atoms with Gasteiger partial charge >= 0.3 is 11.6 Å². The first-order chi connectivity index (χ1) is 15.4. The van der Waals surface area contributed by atoms with Crippen molar-refractivity contribution in [3.8, 4) is 11.1 Å². The van der Waals surface area contributed by atoms with Crippen molar-refractivity contribution in [3.05, 3.63) is 70.1 Å². The minimum absolute atomic E-state index is 0.0819. The van der Waals surface area contributed by atoms with Gasteiger partial charge < -0.3 is 19.2 Å². The first-order valence-electron chi connectivity index (χ1n) is 10.5. The Morgan fingerprint density at radius 1 is 1.16 bits per heavy atom. The zero-order valence-corrected chi connectivity index (χ0v) is 17.6. The summed E-state index contributed by atoms with van der Waals surface area (Å²) in [5.74, 6) is -3.12. The Kier molecular flexibility index (Phi) is 5.90. The van der Waals surface area contributed by atoms with Crippen LogP contribution in [0.15, 0.2) is 57.7 Å². The summed E-state index contributed by atoms with van der Waals surface area (Å²) in [6, 6.07) is 14.1. The highest BCUT2D eigenvalue weighted by Gasteiger charge is 2.32. The van der Waals surface area contributed by atoms with E-state index in [1.54, 1.807) is 18.2 Å². The topological polar surface area (TPSA) is 105 Å². The molecule has 0 aliphatic carbocycles. The van der Waals surface area contributed by atoms with E-state index in [2.05, 4.69) is 0 Å². The molecule has 164 valence electrons. The average Bonchev–Trinajstić information content (AvgIpc) is 2.79. The molecule has 7 heteroatoms. The number of fused-ring (bicyclic) bond motifs is 1. The number of carboxylic acid groups (broad SMARTS) is 1. The molecule has 4 rings (SSSR count). The Bertz CT molecular complexity index is 1260. The summed E-state index contributed by atoms with van der Waals surface area (Å²) in [6.45, 7) is 2.44. The molecule has 1 unspecified atom stereocenters. The largest absolute Gasteiger partial charge is 0.481 e. The summed E-state index contributed by atoms with van der Waals surface area (Å²) in [5, 5.41) is 9.98. The van der Waals surface area contributed by atoms with Crippen LogP contribution in [0.2, 0.25) is 0 Å². The van der Waals surface area contributed by atoms with Gasteiger partial charge in [-0.05, 0) is 42.5 Å². The number of aldehydes is 1. The third-order valence-corrected chi connectivity index (χ3v) is 6.05. The molecular formula is C25H23NO6. The third-order valence-electron chi connectivity index (χ3n) is 6.05. The van der Waals surface area contributed by atoms with Gasteiger partial charge in [-0.15, -0.1) is 0 Å². The summed E-state index contributed by atoms with van der Waals surface area (Å²) in [6.07, 6.45) is 1.63. The number of hydrogen-bond acceptors (Lipinski definition) is 5. The number of rotatable bonds is 5. The number of carbonyl (C=O) groups is 3. The molecule has 2 heterocycles. The van der Waals surface area contributed by atoms with Crippen LogP contribution in [-0.4, -0.2) is 41.3 Å². The third kappa shape index (κ3) is 4.06.